The van der Waals surface area contributed by atoms with Gasteiger partial charge in [0.25, 0.3) is 0 Å². The summed E-state index contributed by atoms with van der Waals surface area (Å²) in [5.41, 5.74) is -0.436. The van der Waals surface area contributed by atoms with E-state index >= 15 is 0 Å². The van der Waals surface area contributed by atoms with Gasteiger partial charge in [-0.2, -0.15) is 0 Å². The van der Waals surface area contributed by atoms with Crippen LogP contribution in [0.4, 0.5) is 0 Å². The number of hydrogen-bond donors (Lipinski definition) is 2. The summed E-state index contributed by atoms with van der Waals surface area (Å²) in [5.74, 6) is 0.00560. The van der Waals surface area contributed by atoms with Crippen molar-refractivity contribution >= 4 is 24.2 Å². The molecule has 2 fully saturated rings. The molecule has 19 heavy (non-hydrogen) atoms. The number of carbonyl (C=O) groups excluding carboxylic acids is 2. The molecule has 2 N–H and O–H groups in total. The lowest BCUT2D eigenvalue weighted by atomic mass is 9.92. The second-order valence-electron chi connectivity index (χ2n) is 5.47. The Hall–Kier alpha value is -0.810. The summed E-state index contributed by atoms with van der Waals surface area (Å²) in [6.07, 6.45) is 4.83. The van der Waals surface area contributed by atoms with Gasteiger partial charge < -0.3 is 15.5 Å². The van der Waals surface area contributed by atoms with E-state index in [-0.39, 0.29) is 30.8 Å². The van der Waals surface area contributed by atoms with Gasteiger partial charge in [0.05, 0.1) is 12.1 Å². The molecule has 5 nitrogen and oxygen atoms in total. The molecule has 0 aromatic rings. The summed E-state index contributed by atoms with van der Waals surface area (Å²) >= 11 is 0. The molecule has 110 valence electrons. The highest BCUT2D eigenvalue weighted by Crippen LogP contribution is 2.25. The van der Waals surface area contributed by atoms with Crippen LogP contribution >= 0.6 is 12.4 Å². The van der Waals surface area contributed by atoms with E-state index in [0.717, 1.165) is 38.6 Å². The zero-order valence-corrected chi connectivity index (χ0v) is 12.5. The second kappa shape index (κ2) is 6.57. The van der Waals surface area contributed by atoms with Gasteiger partial charge in [-0.05, 0) is 38.6 Å². The van der Waals surface area contributed by atoms with E-state index < -0.39 is 5.54 Å². The highest BCUT2D eigenvalue weighted by molar-refractivity contribution is 5.90. The Balaban J connectivity index is 0.00000180. The summed E-state index contributed by atoms with van der Waals surface area (Å²) in [6.45, 7) is 3.08. The Bertz CT molecular complexity index is 339. The maximum Gasteiger partial charge on any atom is 0.243 e. The second-order valence-corrected chi connectivity index (χ2v) is 5.47. The van der Waals surface area contributed by atoms with Crippen LogP contribution < -0.4 is 10.6 Å². The third-order valence-electron chi connectivity index (χ3n) is 3.93. The Morgan fingerprint density at radius 2 is 2.11 bits per heavy atom. The van der Waals surface area contributed by atoms with Gasteiger partial charge in [0, 0.05) is 13.1 Å². The summed E-state index contributed by atoms with van der Waals surface area (Å²) in [6, 6.07) is 0.353. The number of halogens is 1. The topological polar surface area (TPSA) is 61.4 Å². The molecule has 6 heteroatoms. The van der Waals surface area contributed by atoms with Crippen LogP contribution in [0.1, 0.15) is 39.0 Å². The lowest BCUT2D eigenvalue weighted by molar-refractivity contribution is -0.140. The molecule has 1 aliphatic carbocycles. The van der Waals surface area contributed by atoms with Crippen molar-refractivity contribution < 1.29 is 9.59 Å². The highest BCUT2D eigenvalue weighted by atomic mass is 35.5. The van der Waals surface area contributed by atoms with Crippen molar-refractivity contribution in [1.82, 2.24) is 15.5 Å². The van der Waals surface area contributed by atoms with Gasteiger partial charge in [-0.3, -0.25) is 9.59 Å². The molecule has 0 radical (unpaired) electrons. The monoisotopic (exact) mass is 289 g/mol. The third kappa shape index (κ3) is 3.83. The van der Waals surface area contributed by atoms with Crippen LogP contribution in [0.25, 0.3) is 0 Å². The van der Waals surface area contributed by atoms with E-state index in [0.29, 0.717) is 6.04 Å². The molecule has 2 amide bonds. The predicted molar refractivity (Wildman–Crippen MR) is 76.3 cm³/mol. The summed E-state index contributed by atoms with van der Waals surface area (Å²) < 4.78 is 0. The van der Waals surface area contributed by atoms with Gasteiger partial charge in [-0.25, -0.2) is 0 Å². The standard InChI is InChI=1S/C13H23N3O2.ClH/c1-3-13(7-4-8-14-13)12(18)16(2)9-11(17)15-10-5-6-10;/h10,14H,3-9H2,1-2H3,(H,15,17);1H. The fourth-order valence-corrected chi connectivity index (χ4v) is 2.60. The molecule has 2 aliphatic rings. The van der Waals surface area contributed by atoms with Crippen molar-refractivity contribution in [3.05, 3.63) is 0 Å². The van der Waals surface area contributed by atoms with Crippen LogP contribution in [0.15, 0.2) is 0 Å². The van der Waals surface area contributed by atoms with Crippen LogP contribution in [0, 0.1) is 0 Å². The maximum absolute atomic E-state index is 12.4. The van der Waals surface area contributed by atoms with E-state index in [4.69, 9.17) is 0 Å². The number of nitrogens with zero attached hydrogens (tertiary/aromatic N) is 1. The molecule has 1 saturated heterocycles. The molecule has 1 aliphatic heterocycles. The average Bonchev–Trinajstić information content (AvgIpc) is 3.02. The molecule has 1 atom stereocenters. The fraction of sp³-hybridized carbons (Fsp3) is 0.846. The first kappa shape index (κ1) is 16.2. The normalized spacial score (nSPS) is 25.6. The number of amides is 2. The first-order chi connectivity index (χ1) is 8.57. The number of carbonyl (C=O) groups is 2. The molecule has 0 aromatic heterocycles. The van der Waals surface area contributed by atoms with E-state index in [1.807, 2.05) is 6.92 Å². The first-order valence-electron chi connectivity index (χ1n) is 6.87. The lowest BCUT2D eigenvalue weighted by Crippen LogP contribution is -2.55. The van der Waals surface area contributed by atoms with Crippen LogP contribution in [0.5, 0.6) is 0 Å². The number of hydrogen-bond acceptors (Lipinski definition) is 3. The SMILES string of the molecule is CCC1(C(=O)N(C)CC(=O)NC2CC2)CCCN1.Cl. The summed E-state index contributed by atoms with van der Waals surface area (Å²) in [7, 11) is 1.71. The van der Waals surface area contributed by atoms with Crippen LogP contribution in [0.2, 0.25) is 0 Å². The van der Waals surface area contributed by atoms with Crippen LogP contribution in [-0.4, -0.2) is 48.4 Å². The van der Waals surface area contributed by atoms with E-state index in [1.165, 1.54) is 0 Å². The van der Waals surface area contributed by atoms with Crippen molar-refractivity contribution in [3.8, 4) is 0 Å². The molecule has 1 unspecified atom stereocenters. The largest absolute Gasteiger partial charge is 0.352 e. The van der Waals surface area contributed by atoms with Crippen LogP contribution in [-0.2, 0) is 9.59 Å². The molecule has 1 saturated carbocycles. The van der Waals surface area contributed by atoms with E-state index in [1.54, 1.807) is 11.9 Å². The maximum atomic E-state index is 12.4. The number of nitrogens with one attached hydrogen (secondary N) is 2. The Kier molecular flexibility index (Phi) is 5.62. The Labute approximate surface area is 120 Å². The minimum atomic E-state index is -0.436. The van der Waals surface area contributed by atoms with Crippen molar-refractivity contribution in [2.24, 2.45) is 0 Å². The van der Waals surface area contributed by atoms with Crippen molar-refractivity contribution in [1.29, 1.82) is 0 Å². The Morgan fingerprint density at radius 1 is 1.42 bits per heavy atom. The molecule has 0 spiro atoms. The molecular formula is C13H24ClN3O2. The molecule has 0 bridgehead atoms. The van der Waals surface area contributed by atoms with Crippen molar-refractivity contribution in [2.75, 3.05) is 20.1 Å². The minimum Gasteiger partial charge on any atom is -0.352 e. The lowest BCUT2D eigenvalue weighted by Gasteiger charge is -2.31. The van der Waals surface area contributed by atoms with Crippen molar-refractivity contribution in [2.45, 2.75) is 50.6 Å². The minimum absolute atomic E-state index is 0. The number of rotatable bonds is 5. The van der Waals surface area contributed by atoms with E-state index in [2.05, 4.69) is 10.6 Å². The molecule has 1 heterocycles. The van der Waals surface area contributed by atoms with Gasteiger partial charge in [0.1, 0.15) is 0 Å². The average molecular weight is 290 g/mol. The first-order valence-corrected chi connectivity index (χ1v) is 6.87. The molecular weight excluding hydrogens is 266 g/mol. The smallest absolute Gasteiger partial charge is 0.243 e. The van der Waals surface area contributed by atoms with Gasteiger partial charge in [-0.1, -0.05) is 6.92 Å². The van der Waals surface area contributed by atoms with Crippen molar-refractivity contribution in [3.63, 3.8) is 0 Å². The zero-order valence-electron chi connectivity index (χ0n) is 11.7. The van der Waals surface area contributed by atoms with Gasteiger partial charge in [-0.15, -0.1) is 12.4 Å². The van der Waals surface area contributed by atoms with Gasteiger partial charge in [0.15, 0.2) is 0 Å². The Morgan fingerprint density at radius 3 is 2.58 bits per heavy atom. The van der Waals surface area contributed by atoms with Gasteiger partial charge >= 0.3 is 0 Å². The predicted octanol–water partition coefficient (Wildman–Crippen LogP) is 0.677. The molecule has 2 rings (SSSR count). The van der Waals surface area contributed by atoms with Crippen LogP contribution in [0.3, 0.4) is 0 Å². The highest BCUT2D eigenvalue weighted by Gasteiger charge is 2.41. The quantitative estimate of drug-likeness (QED) is 0.782. The summed E-state index contributed by atoms with van der Waals surface area (Å²) in [5, 5.41) is 6.21. The summed E-state index contributed by atoms with van der Waals surface area (Å²) in [4.78, 5) is 25.7. The zero-order chi connectivity index (χ0) is 13.2. The number of likely N-dealkylation sites (N-methyl/N-ethyl adjacent to an activating group) is 1. The van der Waals surface area contributed by atoms with E-state index in [9.17, 15) is 9.59 Å². The molecule has 0 aromatic carbocycles. The fourth-order valence-electron chi connectivity index (χ4n) is 2.60. The third-order valence-corrected chi connectivity index (χ3v) is 3.93. The van der Waals surface area contributed by atoms with Gasteiger partial charge in [0.2, 0.25) is 11.8 Å².